The van der Waals surface area contributed by atoms with E-state index in [9.17, 15) is 4.79 Å². The lowest BCUT2D eigenvalue weighted by atomic mass is 9.89. The highest BCUT2D eigenvalue weighted by molar-refractivity contribution is 5.87. The van der Waals surface area contributed by atoms with Gasteiger partial charge in [0.2, 0.25) is 0 Å². The Morgan fingerprint density at radius 1 is 1.80 bits per heavy atom. The van der Waals surface area contributed by atoms with Crippen LogP contribution in [0.5, 0.6) is 0 Å². The van der Waals surface area contributed by atoms with Gasteiger partial charge < -0.3 is 5.11 Å². The van der Waals surface area contributed by atoms with Gasteiger partial charge in [-0.3, -0.25) is 0 Å². The van der Waals surface area contributed by atoms with Crippen molar-refractivity contribution >= 4 is 5.97 Å². The molecule has 0 fully saturated rings. The fourth-order valence-corrected chi connectivity index (χ4v) is 1.34. The molecule has 0 aliphatic heterocycles. The number of hydrogen-bond donors (Lipinski definition) is 1. The first-order valence-electron chi connectivity index (χ1n) is 3.65. The van der Waals surface area contributed by atoms with Crippen LogP contribution in [0.4, 0.5) is 0 Å². The van der Waals surface area contributed by atoms with Crippen LogP contribution in [-0.2, 0) is 4.79 Å². The zero-order valence-electron chi connectivity index (χ0n) is 6.13. The van der Waals surface area contributed by atoms with Crippen LogP contribution in [0.1, 0.15) is 26.2 Å². The highest BCUT2D eigenvalue weighted by atomic mass is 16.4. The summed E-state index contributed by atoms with van der Waals surface area (Å²) >= 11 is 0. The highest BCUT2D eigenvalue weighted by Gasteiger charge is 2.17. The summed E-state index contributed by atoms with van der Waals surface area (Å²) in [5.74, 6) is -0.488. The third-order valence-corrected chi connectivity index (χ3v) is 1.98. The van der Waals surface area contributed by atoms with Gasteiger partial charge >= 0.3 is 5.97 Å². The van der Waals surface area contributed by atoms with E-state index in [2.05, 4.69) is 0 Å². The number of carboxylic acid groups (broad SMARTS) is 1. The zero-order valence-corrected chi connectivity index (χ0v) is 6.13. The molecule has 0 radical (unpaired) electrons. The van der Waals surface area contributed by atoms with E-state index in [1.807, 2.05) is 13.0 Å². The van der Waals surface area contributed by atoms with Crippen LogP contribution in [-0.4, -0.2) is 11.1 Å². The monoisotopic (exact) mass is 140 g/mol. The summed E-state index contributed by atoms with van der Waals surface area (Å²) < 4.78 is 0. The Morgan fingerprint density at radius 3 is 2.90 bits per heavy atom. The predicted octanol–water partition coefficient (Wildman–Crippen LogP) is 1.82. The van der Waals surface area contributed by atoms with Crippen molar-refractivity contribution in [2.75, 3.05) is 0 Å². The molecule has 10 heavy (non-hydrogen) atoms. The molecule has 0 unspecified atom stereocenters. The summed E-state index contributed by atoms with van der Waals surface area (Å²) in [6, 6.07) is 0. The highest BCUT2D eigenvalue weighted by Crippen LogP contribution is 2.23. The van der Waals surface area contributed by atoms with Crippen molar-refractivity contribution in [2.45, 2.75) is 26.2 Å². The minimum absolute atomic E-state index is 0.256. The molecule has 1 aliphatic carbocycles. The molecule has 1 N–H and O–H groups in total. The Labute approximate surface area is 60.6 Å². The van der Waals surface area contributed by atoms with Crippen molar-refractivity contribution < 1.29 is 9.90 Å². The van der Waals surface area contributed by atoms with Gasteiger partial charge in [0, 0.05) is 5.57 Å². The van der Waals surface area contributed by atoms with Crippen molar-refractivity contribution in [2.24, 2.45) is 5.92 Å². The molecule has 0 aromatic carbocycles. The molecule has 0 aromatic rings. The van der Waals surface area contributed by atoms with Gasteiger partial charge in [-0.25, -0.2) is 4.79 Å². The van der Waals surface area contributed by atoms with E-state index in [-0.39, 0.29) is 5.92 Å². The van der Waals surface area contributed by atoms with E-state index in [1.165, 1.54) is 0 Å². The van der Waals surface area contributed by atoms with Gasteiger partial charge in [-0.15, -0.1) is 0 Å². The Bertz CT molecular complexity index is 170. The van der Waals surface area contributed by atoms with Crippen LogP contribution < -0.4 is 0 Å². The molecule has 0 saturated carbocycles. The summed E-state index contributed by atoms with van der Waals surface area (Å²) in [6.45, 7) is 1.97. The van der Waals surface area contributed by atoms with E-state index in [0.717, 1.165) is 19.3 Å². The molecule has 0 heterocycles. The SMILES string of the molecule is C[C@H]1CCCC=C1C(=O)O. The largest absolute Gasteiger partial charge is 0.478 e. The molecule has 1 rings (SSSR count). The molecule has 56 valence electrons. The molecule has 0 bridgehead atoms. The molecule has 1 aliphatic rings. The molecule has 2 heteroatoms. The topological polar surface area (TPSA) is 37.3 Å². The molecule has 0 spiro atoms. The van der Waals surface area contributed by atoms with Crippen molar-refractivity contribution in [1.82, 2.24) is 0 Å². The maximum atomic E-state index is 10.5. The summed E-state index contributed by atoms with van der Waals surface area (Å²) in [6.07, 6.45) is 4.94. The molecular formula is C8H12O2. The number of carbonyl (C=O) groups is 1. The van der Waals surface area contributed by atoms with Crippen molar-refractivity contribution in [3.8, 4) is 0 Å². The summed E-state index contributed by atoms with van der Waals surface area (Å²) in [5.41, 5.74) is 0.603. The number of carboxylic acids is 1. The Morgan fingerprint density at radius 2 is 2.50 bits per heavy atom. The number of hydrogen-bond acceptors (Lipinski definition) is 1. The third-order valence-electron chi connectivity index (χ3n) is 1.98. The average molecular weight is 140 g/mol. The second-order valence-electron chi connectivity index (χ2n) is 2.80. The van der Waals surface area contributed by atoms with Crippen LogP contribution in [0, 0.1) is 5.92 Å². The molecular weight excluding hydrogens is 128 g/mol. The predicted molar refractivity (Wildman–Crippen MR) is 38.7 cm³/mol. The van der Waals surface area contributed by atoms with Crippen LogP contribution in [0.15, 0.2) is 11.6 Å². The average Bonchev–Trinajstić information content (AvgIpc) is 1.88. The Balaban J connectivity index is 2.71. The lowest BCUT2D eigenvalue weighted by molar-refractivity contribution is -0.133. The van der Waals surface area contributed by atoms with E-state index in [4.69, 9.17) is 5.11 Å². The fraction of sp³-hybridized carbons (Fsp3) is 0.625. The minimum Gasteiger partial charge on any atom is -0.478 e. The lowest BCUT2D eigenvalue weighted by Crippen LogP contribution is -2.12. The second kappa shape index (κ2) is 2.86. The van der Waals surface area contributed by atoms with E-state index >= 15 is 0 Å². The molecule has 0 amide bonds. The van der Waals surface area contributed by atoms with Crippen molar-refractivity contribution in [3.05, 3.63) is 11.6 Å². The summed E-state index contributed by atoms with van der Waals surface area (Å²) in [5, 5.41) is 8.64. The maximum Gasteiger partial charge on any atom is 0.331 e. The zero-order chi connectivity index (χ0) is 7.56. The molecule has 2 nitrogen and oxygen atoms in total. The quantitative estimate of drug-likeness (QED) is 0.603. The van der Waals surface area contributed by atoms with Gasteiger partial charge in [0.15, 0.2) is 0 Å². The molecule has 1 atom stereocenters. The summed E-state index contributed by atoms with van der Waals surface area (Å²) in [7, 11) is 0. The van der Waals surface area contributed by atoms with E-state index in [1.54, 1.807) is 0 Å². The smallest absolute Gasteiger partial charge is 0.331 e. The van der Waals surface area contributed by atoms with Crippen LogP contribution >= 0.6 is 0 Å². The van der Waals surface area contributed by atoms with Crippen molar-refractivity contribution in [3.63, 3.8) is 0 Å². The number of rotatable bonds is 1. The summed E-state index contributed by atoms with van der Waals surface area (Å²) in [4.78, 5) is 10.5. The first-order valence-corrected chi connectivity index (χ1v) is 3.65. The van der Waals surface area contributed by atoms with Gasteiger partial charge in [-0.2, -0.15) is 0 Å². The van der Waals surface area contributed by atoms with Crippen LogP contribution in [0.3, 0.4) is 0 Å². The first-order chi connectivity index (χ1) is 4.72. The normalized spacial score (nSPS) is 25.7. The number of aliphatic carboxylic acids is 1. The fourth-order valence-electron chi connectivity index (χ4n) is 1.34. The first kappa shape index (κ1) is 7.32. The van der Waals surface area contributed by atoms with Crippen LogP contribution in [0.25, 0.3) is 0 Å². The van der Waals surface area contributed by atoms with Gasteiger partial charge in [0.1, 0.15) is 0 Å². The van der Waals surface area contributed by atoms with Gasteiger partial charge in [-0.05, 0) is 25.2 Å². The van der Waals surface area contributed by atoms with Gasteiger partial charge in [0.25, 0.3) is 0 Å². The molecule has 0 saturated heterocycles. The number of allylic oxidation sites excluding steroid dienone is 1. The van der Waals surface area contributed by atoms with Crippen LogP contribution in [0.2, 0.25) is 0 Å². The standard InChI is InChI=1S/C8H12O2/c1-6-4-2-3-5-7(6)8(9)10/h5-6H,2-4H2,1H3,(H,9,10)/t6-/m0/s1. The minimum atomic E-state index is -0.743. The maximum absolute atomic E-state index is 10.5. The van der Waals surface area contributed by atoms with Crippen molar-refractivity contribution in [1.29, 1.82) is 0 Å². The van der Waals surface area contributed by atoms with E-state index < -0.39 is 5.97 Å². The lowest BCUT2D eigenvalue weighted by Gasteiger charge is -2.16. The third kappa shape index (κ3) is 1.38. The van der Waals surface area contributed by atoms with Gasteiger partial charge in [-0.1, -0.05) is 13.0 Å². The molecule has 0 aromatic heterocycles. The van der Waals surface area contributed by atoms with E-state index in [0.29, 0.717) is 5.57 Å². The second-order valence-corrected chi connectivity index (χ2v) is 2.80. The Hall–Kier alpha value is -0.790. The van der Waals surface area contributed by atoms with Gasteiger partial charge in [0.05, 0.1) is 0 Å². The Kier molecular flexibility index (Phi) is 2.10.